The van der Waals surface area contributed by atoms with Gasteiger partial charge in [-0.25, -0.2) is 9.59 Å². The SMILES string of the molecule is COC(=O)C1=C[N+](C(=O)N(C)C)(S(=O)(=O)c2ccc(C)cc2)c2ccccc21. The summed E-state index contributed by atoms with van der Waals surface area (Å²) in [6, 6.07) is 12.0. The molecule has 3 rings (SSSR count). The van der Waals surface area contributed by atoms with E-state index in [0.29, 0.717) is 5.56 Å². The van der Waals surface area contributed by atoms with E-state index in [-0.39, 0.29) is 16.2 Å². The molecule has 1 aliphatic heterocycles. The first-order valence-corrected chi connectivity index (χ1v) is 9.94. The first-order valence-electron chi connectivity index (χ1n) is 8.50. The number of aryl methyl sites for hydroxylation is 1. The Kier molecular flexibility index (Phi) is 4.86. The third-order valence-electron chi connectivity index (χ3n) is 4.63. The number of sulfonamides is 1. The quantitative estimate of drug-likeness (QED) is 0.584. The second kappa shape index (κ2) is 6.88. The van der Waals surface area contributed by atoms with Crippen LogP contribution in [0.4, 0.5) is 10.5 Å². The molecule has 0 N–H and O–H groups in total. The molecule has 0 saturated heterocycles. The molecule has 7 nitrogen and oxygen atoms in total. The second-order valence-electron chi connectivity index (χ2n) is 6.67. The molecule has 0 saturated carbocycles. The van der Waals surface area contributed by atoms with Crippen molar-refractivity contribution in [2.24, 2.45) is 0 Å². The molecule has 2 aromatic rings. The molecule has 1 atom stereocenters. The Hall–Kier alpha value is -2.97. The lowest BCUT2D eigenvalue weighted by atomic mass is 10.1. The first-order chi connectivity index (χ1) is 13.2. The predicted molar refractivity (Wildman–Crippen MR) is 106 cm³/mol. The van der Waals surface area contributed by atoms with Crippen LogP contribution >= 0.6 is 0 Å². The van der Waals surface area contributed by atoms with Gasteiger partial charge in [-0.1, -0.05) is 33.7 Å². The third-order valence-corrected chi connectivity index (χ3v) is 6.72. The Morgan fingerprint density at radius 1 is 1.00 bits per heavy atom. The molecule has 0 radical (unpaired) electrons. The lowest BCUT2D eigenvalue weighted by molar-refractivity contribution is -0.133. The van der Waals surface area contributed by atoms with Gasteiger partial charge in [0.05, 0.1) is 12.7 Å². The highest BCUT2D eigenvalue weighted by molar-refractivity contribution is 7.91. The van der Waals surface area contributed by atoms with Crippen LogP contribution in [0.2, 0.25) is 0 Å². The van der Waals surface area contributed by atoms with Crippen LogP contribution in [0.15, 0.2) is 59.6 Å². The smallest absolute Gasteiger partial charge is 0.444 e. The number of quaternary nitrogens is 1. The zero-order valence-corrected chi connectivity index (χ0v) is 16.9. The molecular weight excluding hydrogens is 380 g/mol. The molecule has 1 heterocycles. The number of carbonyl (C=O) groups is 2. The number of carbonyl (C=O) groups excluding carboxylic acids is 2. The van der Waals surface area contributed by atoms with Crippen molar-refractivity contribution in [2.75, 3.05) is 21.2 Å². The van der Waals surface area contributed by atoms with Crippen molar-refractivity contribution < 1.29 is 22.7 Å². The Balaban J connectivity index is 2.41. The summed E-state index contributed by atoms with van der Waals surface area (Å²) < 4.78 is 31.2. The number of nitrogens with zero attached hydrogens (tertiary/aromatic N) is 2. The van der Waals surface area contributed by atoms with Gasteiger partial charge >= 0.3 is 22.0 Å². The molecular formula is C20H21N2O5S+. The van der Waals surface area contributed by atoms with Crippen LogP contribution in [0.25, 0.3) is 5.57 Å². The minimum atomic E-state index is -4.29. The largest absolute Gasteiger partial charge is 0.465 e. The van der Waals surface area contributed by atoms with Crippen LogP contribution in [0.3, 0.4) is 0 Å². The summed E-state index contributed by atoms with van der Waals surface area (Å²) in [7, 11) is -0.134. The van der Waals surface area contributed by atoms with E-state index in [1.807, 2.05) is 6.92 Å². The number of hydrogen-bond donors (Lipinski definition) is 0. The fourth-order valence-corrected chi connectivity index (χ4v) is 5.06. The van der Waals surface area contributed by atoms with Gasteiger partial charge in [0, 0.05) is 20.2 Å². The zero-order valence-electron chi connectivity index (χ0n) is 16.0. The van der Waals surface area contributed by atoms with Crippen molar-refractivity contribution >= 4 is 33.3 Å². The Morgan fingerprint density at radius 2 is 1.61 bits per heavy atom. The highest BCUT2D eigenvalue weighted by atomic mass is 32.2. The number of rotatable bonds is 3. The predicted octanol–water partition coefficient (Wildman–Crippen LogP) is 2.90. The zero-order chi connectivity index (χ0) is 20.7. The van der Waals surface area contributed by atoms with Crippen molar-refractivity contribution in [3.05, 3.63) is 65.9 Å². The average molecular weight is 401 g/mol. The minimum absolute atomic E-state index is 0.0227. The van der Waals surface area contributed by atoms with E-state index in [0.717, 1.165) is 11.8 Å². The number of para-hydroxylation sites is 1. The van der Waals surface area contributed by atoms with Gasteiger partial charge in [0.2, 0.25) is 0 Å². The third kappa shape index (κ3) is 2.73. The van der Waals surface area contributed by atoms with Gasteiger partial charge in [-0.2, -0.15) is 8.42 Å². The topological polar surface area (TPSA) is 80.8 Å². The van der Waals surface area contributed by atoms with Crippen molar-refractivity contribution in [1.29, 1.82) is 0 Å². The molecule has 0 aliphatic carbocycles. The number of benzene rings is 2. The first kappa shape index (κ1) is 19.8. The van der Waals surface area contributed by atoms with Crippen LogP contribution in [-0.4, -0.2) is 46.5 Å². The molecule has 8 heteroatoms. The lowest BCUT2D eigenvalue weighted by Gasteiger charge is -2.30. The van der Waals surface area contributed by atoms with E-state index in [4.69, 9.17) is 4.74 Å². The van der Waals surface area contributed by atoms with E-state index < -0.39 is 25.9 Å². The van der Waals surface area contributed by atoms with Crippen LogP contribution < -0.4 is 3.89 Å². The number of hydrogen-bond acceptors (Lipinski definition) is 5. The van der Waals surface area contributed by atoms with E-state index >= 15 is 0 Å². The fraction of sp³-hybridized carbons (Fsp3) is 0.200. The van der Waals surface area contributed by atoms with Crippen molar-refractivity contribution in [3.8, 4) is 0 Å². The van der Waals surface area contributed by atoms with Crippen molar-refractivity contribution in [2.45, 2.75) is 11.8 Å². The number of methoxy groups -OCH3 is 1. The molecule has 0 fully saturated rings. The normalized spacial score (nSPS) is 18.2. The standard InChI is InChI=1S/C20H21N2O5S/c1-14-9-11-15(12-10-14)28(25,26)22(20(24)21(2)3)13-17(19(23)27-4)16-7-5-6-8-18(16)22/h5-13H,1-4H3/q+1. The van der Waals surface area contributed by atoms with Gasteiger partial charge in [-0.3, -0.25) is 4.90 Å². The number of ether oxygens (including phenoxy) is 1. The van der Waals surface area contributed by atoms with Gasteiger partial charge in [0.25, 0.3) is 0 Å². The van der Waals surface area contributed by atoms with Crippen molar-refractivity contribution in [1.82, 2.24) is 8.79 Å². The summed E-state index contributed by atoms with van der Waals surface area (Å²) in [4.78, 5) is 26.8. The second-order valence-corrected chi connectivity index (χ2v) is 8.67. The Bertz CT molecular complexity index is 1090. The van der Waals surface area contributed by atoms with Crippen LogP contribution in [0.1, 0.15) is 11.1 Å². The van der Waals surface area contributed by atoms with E-state index in [1.54, 1.807) is 30.3 Å². The highest BCUT2D eigenvalue weighted by Crippen LogP contribution is 2.46. The molecule has 1 unspecified atom stereocenters. The summed E-state index contributed by atoms with van der Waals surface area (Å²) in [5.74, 6) is -0.710. The van der Waals surface area contributed by atoms with E-state index in [1.165, 1.54) is 44.3 Å². The van der Waals surface area contributed by atoms with Crippen LogP contribution in [-0.2, 0) is 19.6 Å². The summed E-state index contributed by atoms with van der Waals surface area (Å²) in [5, 5.41) is 0. The van der Waals surface area contributed by atoms with E-state index in [9.17, 15) is 18.0 Å². The highest BCUT2D eigenvalue weighted by Gasteiger charge is 2.58. The van der Waals surface area contributed by atoms with Crippen LogP contribution in [0.5, 0.6) is 0 Å². The number of fused-ring (bicyclic) bond motifs is 1. The monoisotopic (exact) mass is 401 g/mol. The minimum Gasteiger partial charge on any atom is -0.465 e. The molecule has 28 heavy (non-hydrogen) atoms. The van der Waals surface area contributed by atoms with Gasteiger partial charge in [-0.15, -0.1) is 0 Å². The lowest BCUT2D eigenvalue weighted by Crippen LogP contribution is -2.57. The van der Waals surface area contributed by atoms with Gasteiger partial charge in [0.1, 0.15) is 16.7 Å². The van der Waals surface area contributed by atoms with E-state index in [2.05, 4.69) is 0 Å². The molecule has 146 valence electrons. The summed E-state index contributed by atoms with van der Waals surface area (Å²) in [5.41, 5.74) is 1.45. The van der Waals surface area contributed by atoms with Crippen molar-refractivity contribution in [3.63, 3.8) is 0 Å². The average Bonchev–Trinajstić information content (AvgIpc) is 3.04. The maximum atomic E-state index is 13.8. The molecule has 0 spiro atoms. The molecule has 1 aliphatic rings. The Morgan fingerprint density at radius 3 is 2.18 bits per heavy atom. The summed E-state index contributed by atoms with van der Waals surface area (Å²) in [6.45, 7) is 1.84. The van der Waals surface area contributed by atoms with Crippen LogP contribution in [0, 0.1) is 6.92 Å². The summed E-state index contributed by atoms with van der Waals surface area (Å²) >= 11 is 0. The fourth-order valence-electron chi connectivity index (χ4n) is 3.22. The van der Waals surface area contributed by atoms with Gasteiger partial charge < -0.3 is 4.74 Å². The van der Waals surface area contributed by atoms with Gasteiger partial charge in [-0.05, 0) is 25.1 Å². The van der Waals surface area contributed by atoms with Gasteiger partial charge in [0.15, 0.2) is 5.69 Å². The number of amides is 2. The molecule has 0 bridgehead atoms. The maximum Gasteiger partial charge on any atom is 0.444 e. The molecule has 2 aromatic carbocycles. The Labute approximate surface area is 164 Å². The molecule has 2 amide bonds. The maximum absolute atomic E-state index is 13.8. The number of esters is 1. The summed E-state index contributed by atoms with van der Waals surface area (Å²) in [6.07, 6.45) is 1.16. The molecule has 0 aromatic heterocycles. The number of urea groups is 1.